The molecule has 0 saturated heterocycles. The van der Waals surface area contributed by atoms with Crippen molar-refractivity contribution in [1.82, 2.24) is 0 Å². The highest BCUT2D eigenvalue weighted by atomic mass is 16.6. The van der Waals surface area contributed by atoms with Crippen LogP contribution in [0, 0.1) is 11.8 Å². The van der Waals surface area contributed by atoms with Gasteiger partial charge in [0, 0.05) is 19.3 Å². The van der Waals surface area contributed by atoms with Crippen molar-refractivity contribution in [2.24, 2.45) is 11.8 Å². The average molecular weight is 779 g/mol. The average Bonchev–Trinajstić information content (AvgIpc) is 3.15. The Morgan fingerprint density at radius 3 is 0.891 bits per heavy atom. The summed E-state index contributed by atoms with van der Waals surface area (Å²) in [7, 11) is 0. The predicted octanol–water partition coefficient (Wildman–Crippen LogP) is 15.4. The second-order valence-corrected chi connectivity index (χ2v) is 17.7. The van der Waals surface area contributed by atoms with Gasteiger partial charge < -0.3 is 14.2 Å². The van der Waals surface area contributed by atoms with Gasteiger partial charge in [-0.3, -0.25) is 14.4 Å². The standard InChI is InChI=1S/C49H94O6/c1-6-7-8-9-10-11-16-21-24-31-36-41-49(52)55-46(43-54-48(51)40-35-30-26-25-28-33-38-45(4)5)42-53-47(50)39-34-29-23-20-18-15-13-12-14-17-19-22-27-32-37-44(2)3/h44-46H,6-43H2,1-5H3/t46-/m0/s1. The quantitative estimate of drug-likeness (QED) is 0.0348. The summed E-state index contributed by atoms with van der Waals surface area (Å²) in [6.45, 7) is 11.3. The molecule has 0 aromatic heterocycles. The Morgan fingerprint density at radius 2 is 0.600 bits per heavy atom. The lowest BCUT2D eigenvalue weighted by Gasteiger charge is -2.18. The summed E-state index contributed by atoms with van der Waals surface area (Å²) in [5.41, 5.74) is 0. The second-order valence-electron chi connectivity index (χ2n) is 17.7. The molecule has 55 heavy (non-hydrogen) atoms. The molecule has 0 rings (SSSR count). The summed E-state index contributed by atoms with van der Waals surface area (Å²) in [6, 6.07) is 0. The predicted molar refractivity (Wildman–Crippen MR) is 233 cm³/mol. The first kappa shape index (κ1) is 53.4. The molecule has 0 spiro atoms. The van der Waals surface area contributed by atoms with E-state index < -0.39 is 6.10 Å². The zero-order chi connectivity index (χ0) is 40.5. The summed E-state index contributed by atoms with van der Waals surface area (Å²) < 4.78 is 16.7. The molecule has 0 aliphatic rings. The summed E-state index contributed by atoms with van der Waals surface area (Å²) >= 11 is 0. The molecule has 0 bridgehead atoms. The molecular formula is C49H94O6. The Morgan fingerprint density at radius 1 is 0.345 bits per heavy atom. The van der Waals surface area contributed by atoms with Gasteiger partial charge in [-0.15, -0.1) is 0 Å². The number of hydrogen-bond acceptors (Lipinski definition) is 6. The number of esters is 3. The largest absolute Gasteiger partial charge is 0.462 e. The highest BCUT2D eigenvalue weighted by molar-refractivity contribution is 5.71. The van der Waals surface area contributed by atoms with Crippen LogP contribution in [0.2, 0.25) is 0 Å². The Bertz CT molecular complexity index is 839. The Labute approximate surface area is 342 Å². The molecule has 0 radical (unpaired) electrons. The van der Waals surface area contributed by atoms with Crippen LogP contribution in [0.4, 0.5) is 0 Å². The monoisotopic (exact) mass is 779 g/mol. The minimum atomic E-state index is -0.760. The van der Waals surface area contributed by atoms with Crippen molar-refractivity contribution in [2.75, 3.05) is 13.2 Å². The summed E-state index contributed by atoms with van der Waals surface area (Å²) in [4.78, 5) is 37.7. The van der Waals surface area contributed by atoms with Crippen molar-refractivity contribution in [2.45, 2.75) is 272 Å². The zero-order valence-corrected chi connectivity index (χ0v) is 37.6. The van der Waals surface area contributed by atoms with Crippen LogP contribution in [0.15, 0.2) is 0 Å². The number of carbonyl (C=O) groups excluding carboxylic acids is 3. The molecule has 326 valence electrons. The Balaban J connectivity index is 4.25. The Hall–Kier alpha value is -1.59. The third-order valence-electron chi connectivity index (χ3n) is 11.0. The maximum atomic E-state index is 12.7. The molecular weight excluding hydrogens is 685 g/mol. The molecule has 0 unspecified atom stereocenters. The molecule has 0 heterocycles. The van der Waals surface area contributed by atoms with Crippen molar-refractivity contribution in [3.8, 4) is 0 Å². The van der Waals surface area contributed by atoms with Gasteiger partial charge in [0.15, 0.2) is 6.10 Å². The molecule has 6 nitrogen and oxygen atoms in total. The zero-order valence-electron chi connectivity index (χ0n) is 37.6. The van der Waals surface area contributed by atoms with E-state index in [9.17, 15) is 14.4 Å². The number of rotatable bonds is 43. The first-order chi connectivity index (χ1) is 26.7. The molecule has 0 aromatic rings. The minimum absolute atomic E-state index is 0.0649. The van der Waals surface area contributed by atoms with E-state index in [1.165, 1.54) is 154 Å². The molecule has 6 heteroatoms. The maximum absolute atomic E-state index is 12.7. The molecule has 0 saturated carbocycles. The molecule has 1 atom stereocenters. The molecule has 0 amide bonds. The van der Waals surface area contributed by atoms with Gasteiger partial charge in [-0.1, -0.05) is 227 Å². The lowest BCUT2D eigenvalue weighted by molar-refractivity contribution is -0.167. The first-order valence-electron chi connectivity index (χ1n) is 24.2. The lowest BCUT2D eigenvalue weighted by Crippen LogP contribution is -2.30. The number of ether oxygens (including phenoxy) is 3. The van der Waals surface area contributed by atoms with E-state index in [0.717, 1.165) is 69.6 Å². The van der Waals surface area contributed by atoms with Crippen LogP contribution in [0.3, 0.4) is 0 Å². The summed E-state index contributed by atoms with van der Waals surface area (Å²) in [6.07, 6.45) is 41.0. The van der Waals surface area contributed by atoms with Crippen molar-refractivity contribution < 1.29 is 28.6 Å². The second kappa shape index (κ2) is 42.0. The van der Waals surface area contributed by atoms with Crippen LogP contribution >= 0.6 is 0 Å². The van der Waals surface area contributed by atoms with E-state index >= 15 is 0 Å². The SMILES string of the molecule is CCCCCCCCCCCCCC(=O)O[C@@H](COC(=O)CCCCCCCCCCCCCCCCC(C)C)COC(=O)CCCCCCCCC(C)C. The third-order valence-corrected chi connectivity index (χ3v) is 11.0. The highest BCUT2D eigenvalue weighted by Crippen LogP contribution is 2.17. The van der Waals surface area contributed by atoms with E-state index in [0.29, 0.717) is 19.3 Å². The van der Waals surface area contributed by atoms with Gasteiger partial charge in [0.1, 0.15) is 13.2 Å². The molecule has 0 N–H and O–H groups in total. The van der Waals surface area contributed by atoms with E-state index in [-0.39, 0.29) is 31.1 Å². The smallest absolute Gasteiger partial charge is 0.306 e. The fourth-order valence-corrected chi connectivity index (χ4v) is 7.28. The molecule has 0 aliphatic carbocycles. The molecule has 0 aromatic carbocycles. The first-order valence-corrected chi connectivity index (χ1v) is 24.2. The van der Waals surface area contributed by atoms with Gasteiger partial charge in [0.25, 0.3) is 0 Å². The lowest BCUT2D eigenvalue weighted by atomic mass is 10.0. The number of carbonyl (C=O) groups is 3. The van der Waals surface area contributed by atoms with Gasteiger partial charge in [0.2, 0.25) is 0 Å². The van der Waals surface area contributed by atoms with Crippen LogP contribution in [0.1, 0.15) is 266 Å². The van der Waals surface area contributed by atoms with Crippen LogP contribution < -0.4 is 0 Å². The summed E-state index contributed by atoms with van der Waals surface area (Å²) in [5.74, 6) is 0.750. The van der Waals surface area contributed by atoms with Gasteiger partial charge >= 0.3 is 17.9 Å². The van der Waals surface area contributed by atoms with Crippen LogP contribution in [-0.2, 0) is 28.6 Å². The van der Waals surface area contributed by atoms with Crippen LogP contribution in [0.25, 0.3) is 0 Å². The fraction of sp³-hybridized carbons (Fsp3) is 0.939. The van der Waals surface area contributed by atoms with Crippen molar-refractivity contribution in [1.29, 1.82) is 0 Å². The normalized spacial score (nSPS) is 12.1. The third kappa shape index (κ3) is 43.4. The van der Waals surface area contributed by atoms with Crippen molar-refractivity contribution in [3.05, 3.63) is 0 Å². The van der Waals surface area contributed by atoms with Gasteiger partial charge in [-0.2, -0.15) is 0 Å². The Kier molecular flexibility index (Phi) is 40.8. The van der Waals surface area contributed by atoms with Gasteiger partial charge in [-0.05, 0) is 31.1 Å². The number of hydrogen-bond donors (Lipinski definition) is 0. The van der Waals surface area contributed by atoms with Crippen molar-refractivity contribution >= 4 is 17.9 Å². The molecule has 0 fully saturated rings. The summed E-state index contributed by atoms with van der Waals surface area (Å²) in [5, 5.41) is 0. The topological polar surface area (TPSA) is 78.9 Å². The minimum Gasteiger partial charge on any atom is -0.462 e. The number of unbranched alkanes of at least 4 members (excludes halogenated alkanes) is 28. The molecule has 0 aliphatic heterocycles. The maximum Gasteiger partial charge on any atom is 0.306 e. The van der Waals surface area contributed by atoms with Crippen molar-refractivity contribution in [3.63, 3.8) is 0 Å². The van der Waals surface area contributed by atoms with E-state index in [1.807, 2.05) is 0 Å². The van der Waals surface area contributed by atoms with Crippen LogP contribution in [-0.4, -0.2) is 37.2 Å². The van der Waals surface area contributed by atoms with Gasteiger partial charge in [-0.25, -0.2) is 0 Å². The van der Waals surface area contributed by atoms with E-state index in [1.54, 1.807) is 0 Å². The van der Waals surface area contributed by atoms with Crippen LogP contribution in [0.5, 0.6) is 0 Å². The highest BCUT2D eigenvalue weighted by Gasteiger charge is 2.19. The van der Waals surface area contributed by atoms with E-state index in [2.05, 4.69) is 34.6 Å². The van der Waals surface area contributed by atoms with Gasteiger partial charge in [0.05, 0.1) is 0 Å². The van der Waals surface area contributed by atoms with E-state index in [4.69, 9.17) is 14.2 Å². The fourth-order valence-electron chi connectivity index (χ4n) is 7.28.